The van der Waals surface area contributed by atoms with Gasteiger partial charge >= 0.3 is 5.97 Å². The van der Waals surface area contributed by atoms with Gasteiger partial charge in [0.25, 0.3) is 0 Å². The summed E-state index contributed by atoms with van der Waals surface area (Å²) in [4.78, 5) is 11.2. The highest BCUT2D eigenvalue weighted by Crippen LogP contribution is 2.20. The number of halogens is 1. The number of rotatable bonds is 2. The number of ether oxygens (including phenoxy) is 1. The Hall–Kier alpha value is -1.48. The van der Waals surface area contributed by atoms with Crippen LogP contribution in [0, 0.1) is 0 Å². The molecule has 0 aromatic heterocycles. The molecule has 0 spiro atoms. The molecule has 84 valence electrons. The average molecular weight is 238 g/mol. The molecule has 4 heteroatoms. The third-order valence-electron chi connectivity index (χ3n) is 2.27. The van der Waals surface area contributed by atoms with Gasteiger partial charge in [-0.2, -0.15) is 0 Å². The number of nitrogens with one attached hydrogen (secondary N) is 1. The van der Waals surface area contributed by atoms with Crippen LogP contribution in [0.2, 0.25) is 5.02 Å². The maximum atomic E-state index is 11.2. The van der Waals surface area contributed by atoms with Crippen LogP contribution < -0.4 is 5.32 Å². The maximum absolute atomic E-state index is 11.2. The van der Waals surface area contributed by atoms with Crippen molar-refractivity contribution in [2.45, 2.75) is 19.4 Å². The van der Waals surface area contributed by atoms with Crippen molar-refractivity contribution in [1.82, 2.24) is 0 Å². The molecule has 2 rings (SSSR count). The van der Waals surface area contributed by atoms with Crippen molar-refractivity contribution in [2.75, 3.05) is 5.32 Å². The minimum atomic E-state index is -0.296. The third kappa shape index (κ3) is 2.76. The number of benzene rings is 1. The first-order chi connectivity index (χ1) is 7.63. The van der Waals surface area contributed by atoms with Gasteiger partial charge in [0.2, 0.25) is 0 Å². The minimum absolute atomic E-state index is 0.0766. The largest absolute Gasteiger partial charge is 0.459 e. The van der Waals surface area contributed by atoms with Crippen molar-refractivity contribution in [3.8, 4) is 0 Å². The Labute approximate surface area is 99.1 Å². The zero-order valence-electron chi connectivity index (χ0n) is 8.87. The molecule has 1 unspecified atom stereocenters. The first-order valence-corrected chi connectivity index (χ1v) is 5.45. The molecule has 1 atom stereocenters. The predicted molar refractivity (Wildman–Crippen MR) is 63.3 cm³/mol. The van der Waals surface area contributed by atoms with Gasteiger partial charge in [-0.05, 0) is 31.2 Å². The van der Waals surface area contributed by atoms with Gasteiger partial charge < -0.3 is 10.1 Å². The molecule has 1 aromatic carbocycles. The summed E-state index contributed by atoms with van der Waals surface area (Å²) in [7, 11) is 0. The van der Waals surface area contributed by atoms with E-state index in [0.717, 1.165) is 11.4 Å². The van der Waals surface area contributed by atoms with E-state index in [4.69, 9.17) is 16.3 Å². The van der Waals surface area contributed by atoms with Gasteiger partial charge in [0.1, 0.15) is 6.10 Å². The lowest BCUT2D eigenvalue weighted by Gasteiger charge is -2.20. The number of hydrogen-bond donors (Lipinski definition) is 1. The first kappa shape index (κ1) is 11.0. The number of carbonyl (C=O) groups excluding carboxylic acids is 1. The Kier molecular flexibility index (Phi) is 3.15. The molecule has 0 aliphatic carbocycles. The second-order valence-corrected chi connectivity index (χ2v) is 4.19. The van der Waals surface area contributed by atoms with Gasteiger partial charge in [-0.3, -0.25) is 0 Å². The molecule has 0 bridgehead atoms. The van der Waals surface area contributed by atoms with Gasteiger partial charge in [0.05, 0.1) is 0 Å². The second kappa shape index (κ2) is 4.58. The molecule has 1 aliphatic heterocycles. The third-order valence-corrected chi connectivity index (χ3v) is 2.52. The van der Waals surface area contributed by atoms with Gasteiger partial charge in [-0.1, -0.05) is 11.6 Å². The van der Waals surface area contributed by atoms with E-state index in [0.29, 0.717) is 11.4 Å². The molecular formula is C12H12ClNO2. The van der Waals surface area contributed by atoms with E-state index < -0.39 is 0 Å². The Morgan fingerprint density at radius 2 is 2.06 bits per heavy atom. The van der Waals surface area contributed by atoms with Crippen LogP contribution in [0.4, 0.5) is 5.69 Å². The summed E-state index contributed by atoms with van der Waals surface area (Å²) in [6.07, 6.45) is 2.11. The maximum Gasteiger partial charge on any atom is 0.332 e. The van der Waals surface area contributed by atoms with E-state index in [1.54, 1.807) is 12.1 Å². The molecule has 1 N–H and O–H groups in total. The monoisotopic (exact) mass is 237 g/mol. The lowest BCUT2D eigenvalue weighted by atomic mass is 10.1. The van der Waals surface area contributed by atoms with Crippen molar-refractivity contribution in [1.29, 1.82) is 0 Å². The smallest absolute Gasteiger partial charge is 0.332 e. The van der Waals surface area contributed by atoms with E-state index in [1.165, 1.54) is 6.08 Å². The van der Waals surface area contributed by atoms with Crippen LogP contribution in [0.5, 0.6) is 0 Å². The van der Waals surface area contributed by atoms with E-state index in [2.05, 4.69) is 5.32 Å². The van der Waals surface area contributed by atoms with Crippen LogP contribution in [0.1, 0.15) is 13.3 Å². The van der Waals surface area contributed by atoms with Crippen LogP contribution in [-0.4, -0.2) is 12.1 Å². The molecule has 3 nitrogen and oxygen atoms in total. The van der Waals surface area contributed by atoms with Crippen LogP contribution in [-0.2, 0) is 9.53 Å². The summed E-state index contributed by atoms with van der Waals surface area (Å²) in [6.45, 7) is 1.87. The molecule has 0 fully saturated rings. The highest BCUT2D eigenvalue weighted by molar-refractivity contribution is 6.30. The summed E-state index contributed by atoms with van der Waals surface area (Å²) in [5.74, 6) is -0.296. The fourth-order valence-corrected chi connectivity index (χ4v) is 1.72. The van der Waals surface area contributed by atoms with Crippen LogP contribution >= 0.6 is 11.6 Å². The summed E-state index contributed by atoms with van der Waals surface area (Å²) in [6, 6.07) is 7.34. The number of cyclic esters (lactones) is 1. The van der Waals surface area contributed by atoms with Gasteiger partial charge in [-0.15, -0.1) is 0 Å². The van der Waals surface area contributed by atoms with E-state index >= 15 is 0 Å². The fourth-order valence-electron chi connectivity index (χ4n) is 1.59. The summed E-state index contributed by atoms with van der Waals surface area (Å²) in [5, 5.41) is 3.86. The molecule has 1 heterocycles. The van der Waals surface area contributed by atoms with Crippen molar-refractivity contribution >= 4 is 23.3 Å². The molecule has 0 saturated carbocycles. The van der Waals surface area contributed by atoms with Gasteiger partial charge in [0.15, 0.2) is 0 Å². The fraction of sp³-hybridized carbons (Fsp3) is 0.250. The summed E-state index contributed by atoms with van der Waals surface area (Å²) >= 11 is 5.78. The van der Waals surface area contributed by atoms with Crippen LogP contribution in [0.25, 0.3) is 0 Å². The predicted octanol–water partition coefficient (Wildman–Crippen LogP) is 2.97. The van der Waals surface area contributed by atoms with Crippen molar-refractivity contribution in [3.05, 3.63) is 41.1 Å². The molecule has 1 aromatic rings. The lowest BCUT2D eigenvalue weighted by molar-refractivity contribution is -0.143. The Balaban J connectivity index is 2.09. The zero-order valence-corrected chi connectivity index (χ0v) is 9.62. The molecular weight excluding hydrogens is 226 g/mol. The topological polar surface area (TPSA) is 38.3 Å². The molecule has 16 heavy (non-hydrogen) atoms. The zero-order chi connectivity index (χ0) is 11.5. The van der Waals surface area contributed by atoms with Crippen molar-refractivity contribution in [2.24, 2.45) is 0 Å². The Morgan fingerprint density at radius 3 is 2.69 bits per heavy atom. The standard InChI is InChI=1S/C12H12ClNO2/c1-8-6-11(7-12(15)16-8)14-10-4-2-9(13)3-5-10/h2-5,7-8,14H,6H2,1H3. The van der Waals surface area contributed by atoms with Crippen molar-refractivity contribution in [3.63, 3.8) is 0 Å². The first-order valence-electron chi connectivity index (χ1n) is 5.07. The van der Waals surface area contributed by atoms with E-state index in [1.807, 2.05) is 19.1 Å². The summed E-state index contributed by atoms with van der Waals surface area (Å²) in [5.41, 5.74) is 1.78. The Morgan fingerprint density at radius 1 is 1.38 bits per heavy atom. The second-order valence-electron chi connectivity index (χ2n) is 3.75. The normalized spacial score (nSPS) is 20.0. The van der Waals surface area contributed by atoms with Crippen LogP contribution in [0.15, 0.2) is 36.0 Å². The van der Waals surface area contributed by atoms with E-state index in [-0.39, 0.29) is 12.1 Å². The highest BCUT2D eigenvalue weighted by atomic mass is 35.5. The number of carbonyl (C=O) groups is 1. The Bertz CT molecular complexity index is 425. The van der Waals surface area contributed by atoms with Crippen molar-refractivity contribution < 1.29 is 9.53 Å². The number of hydrogen-bond acceptors (Lipinski definition) is 3. The van der Waals surface area contributed by atoms with Gasteiger partial charge in [0, 0.05) is 28.9 Å². The summed E-state index contributed by atoms with van der Waals surface area (Å²) < 4.78 is 5.00. The lowest BCUT2D eigenvalue weighted by Crippen LogP contribution is -2.22. The van der Waals surface area contributed by atoms with Crippen LogP contribution in [0.3, 0.4) is 0 Å². The molecule has 1 aliphatic rings. The minimum Gasteiger partial charge on any atom is -0.459 e. The molecule has 0 amide bonds. The number of esters is 1. The quantitative estimate of drug-likeness (QED) is 0.804. The SMILES string of the molecule is CC1CC(Nc2ccc(Cl)cc2)=CC(=O)O1. The molecule has 0 radical (unpaired) electrons. The molecule has 0 saturated heterocycles. The van der Waals surface area contributed by atoms with E-state index in [9.17, 15) is 4.79 Å². The number of anilines is 1. The van der Waals surface area contributed by atoms with Gasteiger partial charge in [-0.25, -0.2) is 4.79 Å². The highest BCUT2D eigenvalue weighted by Gasteiger charge is 2.17. The average Bonchev–Trinajstić information content (AvgIpc) is 2.20.